The molecule has 1 saturated carbocycles. The predicted octanol–water partition coefficient (Wildman–Crippen LogP) is 2.64. The van der Waals surface area contributed by atoms with E-state index in [1.54, 1.807) is 20.1 Å². The van der Waals surface area contributed by atoms with E-state index in [-0.39, 0.29) is 0 Å². The topological polar surface area (TPSA) is 63.5 Å². The third kappa shape index (κ3) is 2.96. The van der Waals surface area contributed by atoms with Gasteiger partial charge in [-0.1, -0.05) is 0 Å². The van der Waals surface area contributed by atoms with Gasteiger partial charge in [0.05, 0.1) is 19.4 Å². The number of nitrogens with zero attached hydrogens (tertiary/aromatic N) is 1. The monoisotopic (exact) mass is 286 g/mol. The lowest BCUT2D eigenvalue weighted by atomic mass is 10.1. The first-order valence-electron chi connectivity index (χ1n) is 7.03. The Morgan fingerprint density at radius 1 is 1.43 bits per heavy atom. The maximum atomic E-state index is 9.07. The Morgan fingerprint density at radius 3 is 2.86 bits per heavy atom. The Morgan fingerprint density at radius 2 is 2.24 bits per heavy atom. The summed E-state index contributed by atoms with van der Waals surface area (Å²) in [6.45, 7) is 2.43. The molecule has 0 bridgehead atoms. The first-order chi connectivity index (χ1) is 10.1. The molecule has 5 heteroatoms. The summed E-state index contributed by atoms with van der Waals surface area (Å²) in [6.07, 6.45) is 4.24. The molecule has 1 aliphatic carbocycles. The van der Waals surface area contributed by atoms with Crippen LogP contribution in [0.3, 0.4) is 0 Å². The fraction of sp³-hybridized carbons (Fsp3) is 0.438. The van der Waals surface area contributed by atoms with E-state index in [0.29, 0.717) is 11.7 Å². The number of methoxy groups -OCH3 is 1. The summed E-state index contributed by atoms with van der Waals surface area (Å²) in [5.74, 6) is 2.10. The average molecular weight is 286 g/mol. The van der Waals surface area contributed by atoms with Crippen molar-refractivity contribution in [2.45, 2.75) is 25.4 Å². The molecule has 1 atom stereocenters. The second kappa shape index (κ2) is 5.30. The van der Waals surface area contributed by atoms with Gasteiger partial charge in [-0.2, -0.15) is 5.26 Å². The molecular formula is C16H18N2O3. The van der Waals surface area contributed by atoms with Gasteiger partial charge in [-0.3, -0.25) is 10.3 Å². The Balaban J connectivity index is 1.84. The van der Waals surface area contributed by atoms with E-state index in [9.17, 15) is 0 Å². The Bertz CT molecular complexity index is 616. The van der Waals surface area contributed by atoms with Crippen LogP contribution in [0.4, 0.5) is 0 Å². The lowest BCUT2D eigenvalue weighted by Gasteiger charge is -2.12. The van der Waals surface area contributed by atoms with Gasteiger partial charge in [-0.15, -0.1) is 0 Å². The van der Waals surface area contributed by atoms with Crippen molar-refractivity contribution in [1.82, 2.24) is 5.48 Å². The van der Waals surface area contributed by atoms with Crippen molar-refractivity contribution in [1.29, 1.82) is 5.26 Å². The number of benzene rings is 1. The lowest BCUT2D eigenvalue weighted by molar-refractivity contribution is 0.0163. The van der Waals surface area contributed by atoms with Crippen LogP contribution in [-0.2, 0) is 4.84 Å². The van der Waals surface area contributed by atoms with Crippen LogP contribution in [0.2, 0.25) is 0 Å². The molecule has 21 heavy (non-hydrogen) atoms. The van der Waals surface area contributed by atoms with Crippen LogP contribution < -0.4 is 15.0 Å². The number of nitrogens with one attached hydrogen (secondary N) is 1. The zero-order chi connectivity index (χ0) is 14.9. The van der Waals surface area contributed by atoms with E-state index >= 15 is 0 Å². The van der Waals surface area contributed by atoms with Gasteiger partial charge < -0.3 is 9.47 Å². The Hall–Kier alpha value is -2.19. The molecule has 1 fully saturated rings. The minimum Gasteiger partial charge on any atom is -0.493 e. The van der Waals surface area contributed by atoms with E-state index in [1.807, 2.05) is 18.2 Å². The van der Waals surface area contributed by atoms with Gasteiger partial charge in [0.15, 0.2) is 17.1 Å². The Kier molecular flexibility index (Phi) is 3.48. The molecule has 3 rings (SSSR count). The normalized spacial score (nSPS) is 24.0. The number of hydroxylamine groups is 1. The molecule has 1 N–H and O–H groups in total. The summed E-state index contributed by atoms with van der Waals surface area (Å²) in [4.78, 5) is 5.29. The van der Waals surface area contributed by atoms with Crippen LogP contribution in [0.25, 0.3) is 5.70 Å². The molecule has 2 aliphatic rings. The quantitative estimate of drug-likeness (QED) is 0.901. The highest BCUT2D eigenvalue weighted by Gasteiger charge is 2.30. The number of rotatable bonds is 5. The smallest absolute Gasteiger partial charge is 0.199 e. The van der Waals surface area contributed by atoms with Crippen LogP contribution in [0.15, 0.2) is 24.3 Å². The van der Waals surface area contributed by atoms with Gasteiger partial charge in [-0.25, -0.2) is 0 Å². The molecule has 1 unspecified atom stereocenters. The number of ether oxygens (including phenoxy) is 2. The molecule has 1 aromatic carbocycles. The van der Waals surface area contributed by atoms with Crippen molar-refractivity contribution in [3.05, 3.63) is 29.8 Å². The fourth-order valence-corrected chi connectivity index (χ4v) is 2.14. The molecule has 0 amide bonds. The van der Waals surface area contributed by atoms with Crippen LogP contribution in [0.1, 0.15) is 25.3 Å². The molecule has 0 aromatic heterocycles. The second-order valence-electron chi connectivity index (χ2n) is 5.60. The largest absolute Gasteiger partial charge is 0.493 e. The molecule has 110 valence electrons. The van der Waals surface area contributed by atoms with E-state index in [2.05, 4.69) is 11.5 Å². The molecule has 1 heterocycles. The van der Waals surface area contributed by atoms with Gasteiger partial charge in [-0.05, 0) is 50.0 Å². The van der Waals surface area contributed by atoms with E-state index in [0.717, 1.165) is 23.6 Å². The summed E-state index contributed by atoms with van der Waals surface area (Å²) in [5.41, 5.74) is 3.52. The zero-order valence-electron chi connectivity index (χ0n) is 12.2. The van der Waals surface area contributed by atoms with Gasteiger partial charge in [0.1, 0.15) is 6.07 Å². The average Bonchev–Trinajstić information content (AvgIpc) is 3.26. The van der Waals surface area contributed by atoms with E-state index < -0.39 is 5.60 Å². The Labute approximate surface area is 124 Å². The first kappa shape index (κ1) is 13.8. The summed E-state index contributed by atoms with van der Waals surface area (Å²) in [6, 6.07) is 7.79. The van der Waals surface area contributed by atoms with Crippen molar-refractivity contribution in [2.24, 2.45) is 5.92 Å². The SMILES string of the molecule is COc1ccc(C2=CC(C)(C#N)ON2)cc1OCC1CC1. The van der Waals surface area contributed by atoms with Crippen LogP contribution >= 0.6 is 0 Å². The van der Waals surface area contributed by atoms with Crippen molar-refractivity contribution in [2.75, 3.05) is 13.7 Å². The number of hydrogen-bond acceptors (Lipinski definition) is 5. The van der Waals surface area contributed by atoms with Crippen molar-refractivity contribution in [3.63, 3.8) is 0 Å². The minimum absolute atomic E-state index is 0.674. The standard InChI is InChI=1S/C16H18N2O3/c1-16(10-17)8-13(18-21-16)12-5-6-14(19-2)15(7-12)20-9-11-3-4-11/h5-8,11,18H,3-4,9H2,1-2H3. The third-order valence-electron chi connectivity index (χ3n) is 3.66. The summed E-state index contributed by atoms with van der Waals surface area (Å²) < 4.78 is 11.2. The van der Waals surface area contributed by atoms with Gasteiger partial charge >= 0.3 is 0 Å². The zero-order valence-corrected chi connectivity index (χ0v) is 12.2. The van der Waals surface area contributed by atoms with Gasteiger partial charge in [0.2, 0.25) is 0 Å². The number of hydrogen-bond donors (Lipinski definition) is 1. The lowest BCUT2D eigenvalue weighted by Crippen LogP contribution is -2.22. The molecule has 1 aromatic rings. The fourth-order valence-electron chi connectivity index (χ4n) is 2.14. The first-order valence-corrected chi connectivity index (χ1v) is 7.03. The predicted molar refractivity (Wildman–Crippen MR) is 77.4 cm³/mol. The van der Waals surface area contributed by atoms with Gasteiger partial charge in [0, 0.05) is 5.56 Å². The molecular weight excluding hydrogens is 268 g/mol. The van der Waals surface area contributed by atoms with Crippen molar-refractivity contribution in [3.8, 4) is 17.6 Å². The van der Waals surface area contributed by atoms with Crippen LogP contribution in [0.5, 0.6) is 11.5 Å². The van der Waals surface area contributed by atoms with Gasteiger partial charge in [0.25, 0.3) is 0 Å². The maximum absolute atomic E-state index is 9.07. The molecule has 0 saturated heterocycles. The van der Waals surface area contributed by atoms with Crippen LogP contribution in [0, 0.1) is 17.2 Å². The maximum Gasteiger partial charge on any atom is 0.199 e. The highest BCUT2D eigenvalue weighted by Crippen LogP contribution is 2.35. The minimum atomic E-state index is -0.940. The highest BCUT2D eigenvalue weighted by atomic mass is 16.7. The summed E-state index contributed by atoms with van der Waals surface area (Å²) in [5, 5.41) is 9.07. The van der Waals surface area contributed by atoms with Crippen molar-refractivity contribution >= 4 is 5.70 Å². The molecule has 0 radical (unpaired) electrons. The third-order valence-corrected chi connectivity index (χ3v) is 3.66. The molecule has 1 aliphatic heterocycles. The molecule has 0 spiro atoms. The summed E-state index contributed by atoms with van der Waals surface area (Å²) >= 11 is 0. The van der Waals surface area contributed by atoms with Crippen molar-refractivity contribution < 1.29 is 14.3 Å². The summed E-state index contributed by atoms with van der Waals surface area (Å²) in [7, 11) is 1.63. The number of nitriles is 1. The van der Waals surface area contributed by atoms with E-state index in [4.69, 9.17) is 19.6 Å². The van der Waals surface area contributed by atoms with E-state index in [1.165, 1.54) is 12.8 Å². The molecule has 5 nitrogen and oxygen atoms in total. The highest BCUT2D eigenvalue weighted by molar-refractivity contribution is 5.69. The van der Waals surface area contributed by atoms with Crippen LogP contribution in [-0.4, -0.2) is 19.3 Å². The second-order valence-corrected chi connectivity index (χ2v) is 5.60.